The molecule has 2 heterocycles. The van der Waals surface area contributed by atoms with E-state index < -0.39 is 11.8 Å². The van der Waals surface area contributed by atoms with Gasteiger partial charge in [0.25, 0.3) is 0 Å². The molecule has 2 rings (SSSR count). The highest BCUT2D eigenvalue weighted by Crippen LogP contribution is 2.20. The van der Waals surface area contributed by atoms with Crippen LogP contribution in [0.5, 0.6) is 0 Å². The summed E-state index contributed by atoms with van der Waals surface area (Å²) >= 11 is 6.01. The lowest BCUT2D eigenvalue weighted by Gasteiger charge is -2.03. The molecule has 0 unspecified atom stereocenters. The number of carbonyl (C=O) groups is 2. The lowest BCUT2D eigenvalue weighted by Crippen LogP contribution is -2.09. The van der Waals surface area contributed by atoms with Crippen molar-refractivity contribution in [3.05, 3.63) is 46.3 Å². The third kappa shape index (κ3) is 3.25. The highest BCUT2D eigenvalue weighted by atomic mass is 35.5. The van der Waals surface area contributed by atoms with Gasteiger partial charge in [-0.05, 0) is 18.6 Å². The van der Waals surface area contributed by atoms with Gasteiger partial charge in [-0.3, -0.25) is 9.78 Å². The fraction of sp³-hybridized carbons (Fsp3) is 0.231. The second-order valence-corrected chi connectivity index (χ2v) is 4.42. The van der Waals surface area contributed by atoms with Gasteiger partial charge in [-0.2, -0.15) is 5.10 Å². The van der Waals surface area contributed by atoms with Crippen LogP contribution in [-0.4, -0.2) is 33.6 Å². The third-order valence-corrected chi connectivity index (χ3v) is 3.00. The summed E-state index contributed by atoms with van der Waals surface area (Å²) in [4.78, 5) is 26.5. The molecule has 0 N–H and O–H groups in total. The van der Waals surface area contributed by atoms with E-state index in [1.165, 1.54) is 16.9 Å². The van der Waals surface area contributed by atoms with Gasteiger partial charge in [0.15, 0.2) is 12.0 Å². The zero-order valence-electron chi connectivity index (χ0n) is 11.0. The fourth-order valence-electron chi connectivity index (χ4n) is 1.73. The second kappa shape index (κ2) is 6.45. The number of halogens is 2. The molecule has 6 nitrogen and oxygen atoms in total. The maximum Gasteiger partial charge on any atom is 0.359 e. The van der Waals surface area contributed by atoms with Crippen LogP contribution in [0.25, 0.3) is 0 Å². The van der Waals surface area contributed by atoms with E-state index in [-0.39, 0.29) is 29.6 Å². The first-order valence-electron chi connectivity index (χ1n) is 6.04. The summed E-state index contributed by atoms with van der Waals surface area (Å²) in [6, 6.07) is 1.26. The lowest BCUT2D eigenvalue weighted by atomic mass is 10.2. The Hall–Kier alpha value is -2.28. The van der Waals surface area contributed by atoms with Crippen molar-refractivity contribution in [2.75, 3.05) is 6.61 Å². The summed E-state index contributed by atoms with van der Waals surface area (Å²) in [6.07, 6.45) is 2.93. The van der Waals surface area contributed by atoms with Crippen molar-refractivity contribution < 1.29 is 18.7 Å². The average Bonchev–Trinajstić information content (AvgIpc) is 2.76. The quantitative estimate of drug-likeness (QED) is 0.624. The Morgan fingerprint density at radius 2 is 2.29 bits per heavy atom. The first-order valence-corrected chi connectivity index (χ1v) is 6.42. The number of rotatable bonds is 5. The van der Waals surface area contributed by atoms with Crippen molar-refractivity contribution >= 4 is 23.9 Å². The van der Waals surface area contributed by atoms with E-state index in [0.29, 0.717) is 11.8 Å². The summed E-state index contributed by atoms with van der Waals surface area (Å²) in [5.74, 6) is -1.24. The molecule has 0 spiro atoms. The predicted octanol–water partition coefficient (Wildman–Crippen LogP) is 2.11. The van der Waals surface area contributed by atoms with E-state index in [2.05, 4.69) is 10.1 Å². The normalized spacial score (nSPS) is 10.4. The number of hydrogen-bond donors (Lipinski definition) is 0. The Morgan fingerprint density at radius 3 is 2.90 bits per heavy atom. The van der Waals surface area contributed by atoms with Gasteiger partial charge in [0.1, 0.15) is 11.0 Å². The number of esters is 1. The third-order valence-electron chi connectivity index (χ3n) is 2.61. The number of ether oxygens (including phenoxy) is 1. The van der Waals surface area contributed by atoms with Gasteiger partial charge in [-0.25, -0.2) is 13.9 Å². The predicted molar refractivity (Wildman–Crippen MR) is 71.9 cm³/mol. The number of hydrogen-bond acceptors (Lipinski definition) is 5. The number of nitrogens with zero attached hydrogens (tertiary/aromatic N) is 3. The van der Waals surface area contributed by atoms with Gasteiger partial charge in [-0.15, -0.1) is 0 Å². The number of aromatic nitrogens is 3. The molecule has 0 fully saturated rings. The summed E-state index contributed by atoms with van der Waals surface area (Å²) < 4.78 is 19.1. The summed E-state index contributed by atoms with van der Waals surface area (Å²) in [5.41, 5.74) is 0.271. The minimum atomic E-state index is -0.738. The number of carbonyl (C=O) groups excluding carboxylic acids is 2. The molecular formula is C13H11ClFN3O3. The molecular weight excluding hydrogens is 301 g/mol. The van der Waals surface area contributed by atoms with Crippen LogP contribution in [-0.2, 0) is 11.3 Å². The van der Waals surface area contributed by atoms with E-state index in [1.807, 2.05) is 0 Å². The van der Waals surface area contributed by atoms with Crippen molar-refractivity contribution in [3.8, 4) is 0 Å². The van der Waals surface area contributed by atoms with Crippen LogP contribution in [0.2, 0.25) is 5.15 Å². The van der Waals surface area contributed by atoms with Gasteiger partial charge in [0, 0.05) is 6.20 Å². The Balaban J connectivity index is 2.36. The maximum atomic E-state index is 13.1. The summed E-state index contributed by atoms with van der Waals surface area (Å²) in [5, 5.41) is 3.94. The smallest absolute Gasteiger partial charge is 0.359 e. The van der Waals surface area contributed by atoms with Gasteiger partial charge in [0.05, 0.1) is 24.9 Å². The SMILES string of the molecule is CCOC(=O)c1nn(Cc2cncc(F)c2)c(Cl)c1C=O. The molecule has 21 heavy (non-hydrogen) atoms. The molecule has 0 bridgehead atoms. The zero-order chi connectivity index (χ0) is 15.4. The number of aldehydes is 1. The van der Waals surface area contributed by atoms with E-state index in [4.69, 9.17) is 16.3 Å². The molecule has 0 aliphatic carbocycles. The first-order chi connectivity index (χ1) is 10.1. The van der Waals surface area contributed by atoms with Crippen LogP contribution in [0.15, 0.2) is 18.5 Å². The Labute approximate surface area is 124 Å². The molecule has 0 atom stereocenters. The van der Waals surface area contributed by atoms with E-state index in [1.54, 1.807) is 6.92 Å². The van der Waals surface area contributed by atoms with E-state index in [0.717, 1.165) is 6.20 Å². The topological polar surface area (TPSA) is 74.1 Å². The zero-order valence-corrected chi connectivity index (χ0v) is 11.8. The van der Waals surface area contributed by atoms with Crippen LogP contribution in [0, 0.1) is 5.82 Å². The Kier molecular flexibility index (Phi) is 4.64. The van der Waals surface area contributed by atoms with Crippen molar-refractivity contribution in [1.29, 1.82) is 0 Å². The molecule has 0 amide bonds. The van der Waals surface area contributed by atoms with Crippen LogP contribution < -0.4 is 0 Å². The van der Waals surface area contributed by atoms with Crippen LogP contribution in [0.4, 0.5) is 4.39 Å². The Bertz CT molecular complexity index is 687. The van der Waals surface area contributed by atoms with Crippen molar-refractivity contribution in [2.45, 2.75) is 13.5 Å². The lowest BCUT2D eigenvalue weighted by molar-refractivity contribution is 0.0516. The largest absolute Gasteiger partial charge is 0.461 e. The van der Waals surface area contributed by atoms with Gasteiger partial charge < -0.3 is 4.74 Å². The highest BCUT2D eigenvalue weighted by molar-refractivity contribution is 6.32. The average molecular weight is 312 g/mol. The molecule has 110 valence electrons. The minimum absolute atomic E-state index is 0.0164. The number of pyridine rings is 1. The molecule has 0 saturated heterocycles. The monoisotopic (exact) mass is 311 g/mol. The molecule has 0 aliphatic rings. The van der Waals surface area contributed by atoms with Crippen molar-refractivity contribution in [1.82, 2.24) is 14.8 Å². The van der Waals surface area contributed by atoms with Crippen molar-refractivity contribution in [3.63, 3.8) is 0 Å². The van der Waals surface area contributed by atoms with E-state index >= 15 is 0 Å². The van der Waals surface area contributed by atoms with Gasteiger partial charge in [-0.1, -0.05) is 11.6 Å². The molecule has 0 saturated carbocycles. The standard InChI is InChI=1S/C13H11ClFN3O3/c1-2-21-13(20)11-10(7-19)12(14)18(17-11)6-8-3-9(15)5-16-4-8/h3-5,7H,2,6H2,1H3. The summed E-state index contributed by atoms with van der Waals surface area (Å²) in [7, 11) is 0. The molecule has 2 aromatic rings. The second-order valence-electron chi connectivity index (χ2n) is 4.06. The first kappa shape index (κ1) is 15.1. The van der Waals surface area contributed by atoms with Gasteiger partial charge in [0.2, 0.25) is 0 Å². The minimum Gasteiger partial charge on any atom is -0.461 e. The summed E-state index contributed by atoms with van der Waals surface area (Å²) in [6.45, 7) is 1.86. The molecule has 0 aromatic carbocycles. The van der Waals surface area contributed by atoms with Crippen molar-refractivity contribution in [2.24, 2.45) is 0 Å². The Morgan fingerprint density at radius 1 is 1.52 bits per heavy atom. The fourth-order valence-corrected chi connectivity index (χ4v) is 1.96. The van der Waals surface area contributed by atoms with Gasteiger partial charge >= 0.3 is 5.97 Å². The van der Waals surface area contributed by atoms with Crippen LogP contribution >= 0.6 is 11.6 Å². The van der Waals surface area contributed by atoms with Crippen LogP contribution in [0.3, 0.4) is 0 Å². The molecule has 0 aliphatic heterocycles. The molecule has 8 heteroatoms. The van der Waals surface area contributed by atoms with Crippen LogP contribution in [0.1, 0.15) is 33.3 Å². The highest BCUT2D eigenvalue weighted by Gasteiger charge is 2.22. The van der Waals surface area contributed by atoms with E-state index in [9.17, 15) is 14.0 Å². The molecule has 2 aromatic heterocycles. The molecule has 0 radical (unpaired) electrons. The maximum absolute atomic E-state index is 13.1.